The third-order valence-corrected chi connectivity index (χ3v) is 2.63. The minimum atomic E-state index is 0.326. The molecule has 1 aromatic heterocycles. The van der Waals surface area contributed by atoms with Gasteiger partial charge in [0.05, 0.1) is 12.8 Å². The lowest BCUT2D eigenvalue weighted by Crippen LogP contribution is -2.28. The van der Waals surface area contributed by atoms with Crippen molar-refractivity contribution >= 4 is 0 Å². The molecule has 104 valence electrons. The van der Waals surface area contributed by atoms with Crippen LogP contribution in [0.2, 0.25) is 0 Å². The summed E-state index contributed by atoms with van der Waals surface area (Å²) in [5.41, 5.74) is 1.56. The highest BCUT2D eigenvalue weighted by molar-refractivity contribution is 5.12. The molecule has 0 aromatic carbocycles. The maximum absolute atomic E-state index is 5.60. The van der Waals surface area contributed by atoms with Crippen LogP contribution < -0.4 is 5.32 Å². The van der Waals surface area contributed by atoms with E-state index in [1.165, 1.54) is 12.0 Å². The van der Waals surface area contributed by atoms with Crippen molar-refractivity contribution in [3.05, 3.63) is 23.7 Å². The Balaban J connectivity index is 2.38. The van der Waals surface area contributed by atoms with Crippen LogP contribution >= 0.6 is 0 Å². The number of rotatable bonds is 7. The molecule has 0 saturated carbocycles. The molecule has 3 nitrogen and oxygen atoms in total. The predicted molar refractivity (Wildman–Crippen MR) is 76.5 cm³/mol. The van der Waals surface area contributed by atoms with Gasteiger partial charge in [-0.1, -0.05) is 27.7 Å². The van der Waals surface area contributed by atoms with Gasteiger partial charge in [-0.05, 0) is 31.5 Å². The van der Waals surface area contributed by atoms with Crippen molar-refractivity contribution < 1.29 is 4.42 Å². The first-order valence-electron chi connectivity index (χ1n) is 6.86. The Labute approximate surface area is 112 Å². The molecule has 0 amide bonds. The van der Waals surface area contributed by atoms with E-state index >= 15 is 0 Å². The summed E-state index contributed by atoms with van der Waals surface area (Å²) in [6, 6.07) is 2.15. The standard InChI is InChI=1S/C15H28N2O/c1-6-7-16-9-13-8-14(18-11-13)10-17(5)12-15(2,3)4/h8,11,16H,6-7,9-10,12H2,1-5H3. The summed E-state index contributed by atoms with van der Waals surface area (Å²) in [6.45, 7) is 12.9. The van der Waals surface area contributed by atoms with Crippen molar-refractivity contribution in [2.45, 2.75) is 47.2 Å². The van der Waals surface area contributed by atoms with Crippen molar-refractivity contribution in [3.63, 3.8) is 0 Å². The maximum atomic E-state index is 5.60. The average Bonchev–Trinajstić information content (AvgIpc) is 2.63. The molecule has 0 aliphatic heterocycles. The summed E-state index contributed by atoms with van der Waals surface area (Å²) in [6.07, 6.45) is 3.03. The highest BCUT2D eigenvalue weighted by atomic mass is 16.3. The Morgan fingerprint density at radius 1 is 1.33 bits per heavy atom. The first-order chi connectivity index (χ1) is 8.40. The van der Waals surface area contributed by atoms with Crippen LogP contribution in [-0.2, 0) is 13.1 Å². The topological polar surface area (TPSA) is 28.4 Å². The summed E-state index contributed by atoms with van der Waals surface area (Å²) in [7, 11) is 2.14. The Morgan fingerprint density at radius 2 is 2.06 bits per heavy atom. The van der Waals surface area contributed by atoms with Gasteiger partial charge >= 0.3 is 0 Å². The molecule has 0 aliphatic carbocycles. The van der Waals surface area contributed by atoms with Crippen LogP contribution in [0.25, 0.3) is 0 Å². The van der Waals surface area contributed by atoms with E-state index in [1.807, 2.05) is 6.26 Å². The summed E-state index contributed by atoms with van der Waals surface area (Å²) in [4.78, 5) is 2.31. The SMILES string of the molecule is CCCNCc1coc(CN(C)CC(C)(C)C)c1. The Hall–Kier alpha value is -0.800. The van der Waals surface area contributed by atoms with E-state index in [0.29, 0.717) is 5.41 Å². The molecule has 18 heavy (non-hydrogen) atoms. The highest BCUT2D eigenvalue weighted by Gasteiger charge is 2.14. The number of hydrogen-bond acceptors (Lipinski definition) is 3. The smallest absolute Gasteiger partial charge is 0.118 e. The molecule has 0 saturated heterocycles. The van der Waals surface area contributed by atoms with Crippen molar-refractivity contribution in [2.24, 2.45) is 5.41 Å². The molecule has 1 aromatic rings. The van der Waals surface area contributed by atoms with Gasteiger partial charge in [-0.3, -0.25) is 4.90 Å². The Bertz CT molecular complexity index is 339. The molecule has 0 atom stereocenters. The van der Waals surface area contributed by atoms with E-state index in [9.17, 15) is 0 Å². The zero-order valence-electron chi connectivity index (χ0n) is 12.5. The van der Waals surface area contributed by atoms with Crippen LogP contribution in [0.4, 0.5) is 0 Å². The molecular formula is C15H28N2O. The largest absolute Gasteiger partial charge is 0.468 e. The second-order valence-corrected chi connectivity index (χ2v) is 6.33. The summed E-state index contributed by atoms with van der Waals surface area (Å²) < 4.78 is 5.60. The average molecular weight is 252 g/mol. The molecule has 0 fully saturated rings. The number of nitrogens with zero attached hydrogens (tertiary/aromatic N) is 1. The summed E-state index contributed by atoms with van der Waals surface area (Å²) >= 11 is 0. The zero-order chi connectivity index (χ0) is 13.6. The normalized spacial score (nSPS) is 12.3. The monoisotopic (exact) mass is 252 g/mol. The first-order valence-corrected chi connectivity index (χ1v) is 6.86. The second kappa shape index (κ2) is 6.95. The lowest BCUT2D eigenvalue weighted by Gasteiger charge is -2.25. The minimum Gasteiger partial charge on any atom is -0.468 e. The maximum Gasteiger partial charge on any atom is 0.118 e. The fourth-order valence-corrected chi connectivity index (χ4v) is 2.14. The van der Waals surface area contributed by atoms with E-state index in [1.54, 1.807) is 0 Å². The van der Waals surface area contributed by atoms with Crippen molar-refractivity contribution in [2.75, 3.05) is 20.1 Å². The number of hydrogen-bond donors (Lipinski definition) is 1. The third-order valence-electron chi connectivity index (χ3n) is 2.63. The van der Waals surface area contributed by atoms with Gasteiger partial charge in [0.2, 0.25) is 0 Å². The fraction of sp³-hybridized carbons (Fsp3) is 0.733. The molecule has 3 heteroatoms. The lowest BCUT2D eigenvalue weighted by atomic mass is 9.96. The molecule has 0 aliphatic rings. The quantitative estimate of drug-likeness (QED) is 0.755. The first kappa shape index (κ1) is 15.3. The lowest BCUT2D eigenvalue weighted by molar-refractivity contribution is 0.208. The molecule has 1 heterocycles. The molecule has 1 rings (SSSR count). The van der Waals surface area contributed by atoms with Gasteiger partial charge in [-0.15, -0.1) is 0 Å². The highest BCUT2D eigenvalue weighted by Crippen LogP contribution is 2.16. The van der Waals surface area contributed by atoms with Gasteiger partial charge in [0, 0.05) is 18.7 Å². The summed E-state index contributed by atoms with van der Waals surface area (Å²) in [5.74, 6) is 1.05. The Morgan fingerprint density at radius 3 is 2.67 bits per heavy atom. The zero-order valence-corrected chi connectivity index (χ0v) is 12.5. The van der Waals surface area contributed by atoms with Gasteiger partial charge in [0.1, 0.15) is 5.76 Å². The third kappa shape index (κ3) is 6.22. The van der Waals surface area contributed by atoms with Crippen LogP contribution in [0.15, 0.2) is 16.7 Å². The molecule has 0 radical (unpaired) electrons. The van der Waals surface area contributed by atoms with Crippen molar-refractivity contribution in [1.29, 1.82) is 0 Å². The van der Waals surface area contributed by atoms with Gasteiger partial charge in [0.15, 0.2) is 0 Å². The van der Waals surface area contributed by atoms with Crippen LogP contribution in [-0.4, -0.2) is 25.0 Å². The van der Waals surface area contributed by atoms with Gasteiger partial charge in [0.25, 0.3) is 0 Å². The van der Waals surface area contributed by atoms with Crippen LogP contribution in [0.5, 0.6) is 0 Å². The Kier molecular flexibility index (Phi) is 5.89. The molecule has 0 spiro atoms. The van der Waals surface area contributed by atoms with E-state index in [2.05, 4.69) is 51.0 Å². The predicted octanol–water partition coefficient (Wildman–Crippen LogP) is 3.26. The van der Waals surface area contributed by atoms with Gasteiger partial charge in [-0.25, -0.2) is 0 Å². The van der Waals surface area contributed by atoms with Crippen LogP contribution in [0.1, 0.15) is 45.4 Å². The molecule has 1 N–H and O–H groups in total. The molecule has 0 unspecified atom stereocenters. The molecular weight excluding hydrogens is 224 g/mol. The van der Waals surface area contributed by atoms with Crippen LogP contribution in [0.3, 0.4) is 0 Å². The number of nitrogens with one attached hydrogen (secondary N) is 1. The molecule has 0 bridgehead atoms. The van der Waals surface area contributed by atoms with E-state index in [0.717, 1.165) is 31.9 Å². The van der Waals surface area contributed by atoms with Crippen molar-refractivity contribution in [3.8, 4) is 0 Å². The van der Waals surface area contributed by atoms with E-state index in [4.69, 9.17) is 4.42 Å². The van der Waals surface area contributed by atoms with Crippen molar-refractivity contribution in [1.82, 2.24) is 10.2 Å². The van der Waals surface area contributed by atoms with Crippen LogP contribution in [0, 0.1) is 5.41 Å². The number of furan rings is 1. The van der Waals surface area contributed by atoms with Gasteiger partial charge in [-0.2, -0.15) is 0 Å². The minimum absolute atomic E-state index is 0.326. The summed E-state index contributed by atoms with van der Waals surface area (Å²) in [5, 5.41) is 3.38. The van der Waals surface area contributed by atoms with E-state index < -0.39 is 0 Å². The van der Waals surface area contributed by atoms with Gasteiger partial charge < -0.3 is 9.73 Å². The second-order valence-electron chi connectivity index (χ2n) is 6.33. The van der Waals surface area contributed by atoms with E-state index in [-0.39, 0.29) is 0 Å². The fourth-order valence-electron chi connectivity index (χ4n) is 2.14.